The van der Waals surface area contributed by atoms with Crippen LogP contribution in [0, 0.1) is 17.8 Å². The highest BCUT2D eigenvalue weighted by Gasteiger charge is 2.51. The highest BCUT2D eigenvalue weighted by molar-refractivity contribution is 5.03. The molecule has 1 saturated heterocycles. The molecule has 1 aliphatic heterocycles. The van der Waals surface area contributed by atoms with Crippen molar-refractivity contribution in [3.63, 3.8) is 0 Å². The molecule has 5 fully saturated rings. The van der Waals surface area contributed by atoms with Crippen LogP contribution in [-0.4, -0.2) is 67.8 Å². The molecule has 4 aliphatic carbocycles. The lowest BCUT2D eigenvalue weighted by Crippen LogP contribution is -2.53. The molecular weight excluding hydrogens is 314 g/mol. The zero-order valence-corrected chi connectivity index (χ0v) is 16.1. The Hall–Kier alpha value is -0.160. The summed E-state index contributed by atoms with van der Waals surface area (Å²) in [6.07, 6.45) is 11.8. The molecule has 1 heterocycles. The van der Waals surface area contributed by atoms with Crippen LogP contribution < -0.4 is 0 Å². The number of ether oxygens (including phenoxy) is 2. The van der Waals surface area contributed by atoms with Crippen LogP contribution in [0.15, 0.2) is 0 Å². The van der Waals surface area contributed by atoms with Crippen LogP contribution in [0.1, 0.15) is 57.8 Å². The molecule has 0 radical (unpaired) electrons. The SMILES string of the molecule is C[N+]1(CC(O)COCCOC23CC4CC(CC(C4)C2)C3)CCCCC1. The van der Waals surface area contributed by atoms with E-state index >= 15 is 0 Å². The Morgan fingerprint density at radius 3 is 2.16 bits per heavy atom. The number of hydrogen-bond acceptors (Lipinski definition) is 3. The van der Waals surface area contributed by atoms with Crippen molar-refractivity contribution in [2.45, 2.75) is 69.5 Å². The zero-order chi connectivity index (χ0) is 17.3. The predicted octanol–water partition coefficient (Wildman–Crippen LogP) is 2.98. The Morgan fingerprint density at radius 2 is 1.56 bits per heavy atom. The van der Waals surface area contributed by atoms with Gasteiger partial charge in [-0.2, -0.15) is 0 Å². The molecule has 0 aromatic rings. The monoisotopic (exact) mass is 352 g/mol. The molecule has 4 nitrogen and oxygen atoms in total. The molecule has 1 atom stereocenters. The van der Waals surface area contributed by atoms with Gasteiger partial charge >= 0.3 is 0 Å². The molecular formula is C21H38NO3+. The van der Waals surface area contributed by atoms with Crippen LogP contribution in [0.5, 0.6) is 0 Å². The van der Waals surface area contributed by atoms with E-state index in [-0.39, 0.29) is 11.7 Å². The van der Waals surface area contributed by atoms with E-state index in [1.807, 2.05) is 0 Å². The third kappa shape index (κ3) is 4.40. The van der Waals surface area contributed by atoms with Crippen LogP contribution in [0.25, 0.3) is 0 Å². The van der Waals surface area contributed by atoms with Crippen molar-refractivity contribution < 1.29 is 19.1 Å². The summed E-state index contributed by atoms with van der Waals surface area (Å²) < 4.78 is 13.2. The fraction of sp³-hybridized carbons (Fsp3) is 1.00. The van der Waals surface area contributed by atoms with Gasteiger partial charge in [-0.15, -0.1) is 0 Å². The lowest BCUT2D eigenvalue weighted by atomic mass is 9.54. The Kier molecular flexibility index (Phi) is 5.43. The van der Waals surface area contributed by atoms with Gasteiger partial charge in [0.25, 0.3) is 0 Å². The third-order valence-corrected chi connectivity index (χ3v) is 7.48. The topological polar surface area (TPSA) is 38.7 Å². The van der Waals surface area contributed by atoms with Crippen molar-refractivity contribution in [3.8, 4) is 0 Å². The minimum Gasteiger partial charge on any atom is -0.385 e. The fourth-order valence-electron chi connectivity index (χ4n) is 6.76. The van der Waals surface area contributed by atoms with E-state index in [0.717, 1.165) is 28.8 Å². The summed E-state index contributed by atoms with van der Waals surface area (Å²) in [5.74, 6) is 2.80. The first-order chi connectivity index (χ1) is 12.0. The van der Waals surface area contributed by atoms with E-state index < -0.39 is 0 Å². The van der Waals surface area contributed by atoms with Gasteiger partial charge in [0.15, 0.2) is 0 Å². The summed E-state index contributed by atoms with van der Waals surface area (Å²) in [6, 6.07) is 0. The van der Waals surface area contributed by atoms with Crippen LogP contribution in [0.4, 0.5) is 0 Å². The molecule has 0 amide bonds. The smallest absolute Gasteiger partial charge is 0.126 e. The quantitative estimate of drug-likeness (QED) is 0.539. The number of nitrogens with zero attached hydrogens (tertiary/aromatic N) is 1. The summed E-state index contributed by atoms with van der Waals surface area (Å²) >= 11 is 0. The minimum absolute atomic E-state index is 0.184. The highest BCUT2D eigenvalue weighted by atomic mass is 16.5. The van der Waals surface area contributed by atoms with Gasteiger partial charge < -0.3 is 19.1 Å². The summed E-state index contributed by atoms with van der Waals surface area (Å²) in [4.78, 5) is 0. The summed E-state index contributed by atoms with van der Waals surface area (Å²) in [7, 11) is 2.28. The fourth-order valence-corrected chi connectivity index (χ4v) is 6.76. The van der Waals surface area contributed by atoms with Crippen molar-refractivity contribution in [1.29, 1.82) is 0 Å². The molecule has 1 N–H and O–H groups in total. The van der Waals surface area contributed by atoms with Crippen LogP contribution in [0.2, 0.25) is 0 Å². The standard InChI is InChI=1S/C21H38NO3/c1-22(5-3-2-4-6-22)15-20(23)16-24-7-8-25-21-12-17-9-18(13-21)11-19(10-17)14-21/h17-20,23H,2-16H2,1H3/q+1. The Morgan fingerprint density at radius 1 is 0.960 bits per heavy atom. The van der Waals surface area contributed by atoms with Gasteiger partial charge in [0.05, 0.1) is 45.6 Å². The van der Waals surface area contributed by atoms with Crippen molar-refractivity contribution in [2.75, 3.05) is 46.5 Å². The van der Waals surface area contributed by atoms with Crippen molar-refractivity contribution in [2.24, 2.45) is 17.8 Å². The summed E-state index contributed by atoms with van der Waals surface area (Å²) in [5.41, 5.74) is 0.184. The second-order valence-electron chi connectivity index (χ2n) is 9.99. The maximum atomic E-state index is 10.3. The molecule has 4 bridgehead atoms. The first kappa shape index (κ1) is 18.2. The number of rotatable bonds is 8. The van der Waals surface area contributed by atoms with Gasteiger partial charge in [-0.05, 0) is 75.5 Å². The van der Waals surface area contributed by atoms with Crippen molar-refractivity contribution in [1.82, 2.24) is 0 Å². The minimum atomic E-state index is -0.345. The van der Waals surface area contributed by atoms with E-state index in [1.54, 1.807) is 0 Å². The Bertz CT molecular complexity index is 411. The first-order valence-electron chi connectivity index (χ1n) is 10.8. The summed E-state index contributed by atoms with van der Waals surface area (Å²) in [5, 5.41) is 10.3. The van der Waals surface area contributed by atoms with E-state index in [2.05, 4.69) is 7.05 Å². The van der Waals surface area contributed by atoms with Crippen molar-refractivity contribution >= 4 is 0 Å². The number of hydrogen-bond donors (Lipinski definition) is 1. The van der Waals surface area contributed by atoms with Gasteiger partial charge in [0, 0.05) is 0 Å². The van der Waals surface area contributed by atoms with Gasteiger partial charge in [0.2, 0.25) is 0 Å². The molecule has 5 aliphatic rings. The highest BCUT2D eigenvalue weighted by Crippen LogP contribution is 2.57. The van der Waals surface area contributed by atoms with Crippen LogP contribution in [-0.2, 0) is 9.47 Å². The maximum Gasteiger partial charge on any atom is 0.126 e. The number of aliphatic hydroxyl groups excluding tert-OH is 1. The number of likely N-dealkylation sites (tertiary alicyclic amines) is 1. The first-order valence-corrected chi connectivity index (χ1v) is 10.8. The molecule has 25 heavy (non-hydrogen) atoms. The lowest BCUT2D eigenvalue weighted by molar-refractivity contribution is -0.916. The van der Waals surface area contributed by atoms with Gasteiger partial charge in [-0.25, -0.2) is 0 Å². The predicted molar refractivity (Wildman–Crippen MR) is 98.3 cm³/mol. The number of piperidine rings is 1. The number of likely N-dealkylation sites (N-methyl/N-ethyl adjacent to an activating group) is 1. The van der Waals surface area contributed by atoms with Crippen molar-refractivity contribution in [3.05, 3.63) is 0 Å². The van der Waals surface area contributed by atoms with Gasteiger partial charge in [-0.3, -0.25) is 0 Å². The second kappa shape index (κ2) is 7.46. The molecule has 0 aromatic heterocycles. The van der Waals surface area contributed by atoms with E-state index in [9.17, 15) is 5.11 Å². The molecule has 0 spiro atoms. The lowest BCUT2D eigenvalue weighted by Gasteiger charge is -2.56. The van der Waals surface area contributed by atoms with Crippen LogP contribution in [0.3, 0.4) is 0 Å². The number of quaternary nitrogens is 1. The average molecular weight is 353 g/mol. The largest absolute Gasteiger partial charge is 0.385 e. The number of aliphatic hydroxyl groups is 1. The molecule has 4 saturated carbocycles. The molecule has 5 rings (SSSR count). The normalized spacial score (nSPS) is 40.3. The zero-order valence-electron chi connectivity index (χ0n) is 16.1. The van der Waals surface area contributed by atoms with E-state index in [0.29, 0.717) is 19.8 Å². The molecule has 1 unspecified atom stereocenters. The Balaban J connectivity index is 1.13. The maximum absolute atomic E-state index is 10.3. The van der Waals surface area contributed by atoms with Crippen LogP contribution >= 0.6 is 0 Å². The average Bonchev–Trinajstić information content (AvgIpc) is 2.53. The molecule has 0 aromatic carbocycles. The van der Waals surface area contributed by atoms with E-state index in [4.69, 9.17) is 9.47 Å². The summed E-state index contributed by atoms with van der Waals surface area (Å²) in [6.45, 7) is 5.01. The third-order valence-electron chi connectivity index (χ3n) is 7.48. The Labute approximate surface area is 153 Å². The van der Waals surface area contributed by atoms with E-state index in [1.165, 1.54) is 70.9 Å². The van der Waals surface area contributed by atoms with Gasteiger partial charge in [0.1, 0.15) is 12.6 Å². The second-order valence-corrected chi connectivity index (χ2v) is 9.99. The molecule has 144 valence electrons. The van der Waals surface area contributed by atoms with Gasteiger partial charge in [-0.1, -0.05) is 0 Å². The molecule has 4 heteroatoms.